The van der Waals surface area contributed by atoms with Gasteiger partial charge in [-0.2, -0.15) is 0 Å². The molecule has 0 radical (unpaired) electrons. The zero-order chi connectivity index (χ0) is 14.4. The highest BCUT2D eigenvalue weighted by atomic mass is 35.5. The van der Waals surface area contributed by atoms with E-state index in [2.05, 4.69) is 24.1 Å². The first-order valence-electron chi connectivity index (χ1n) is 8.21. The van der Waals surface area contributed by atoms with Gasteiger partial charge in [0.2, 0.25) is 0 Å². The third kappa shape index (κ3) is 5.31. The number of halogens is 1. The molecule has 0 saturated carbocycles. The lowest BCUT2D eigenvalue weighted by Crippen LogP contribution is -2.53. The smallest absolute Gasteiger partial charge is 0.320 e. The van der Waals surface area contributed by atoms with Crippen molar-refractivity contribution < 1.29 is 4.79 Å². The van der Waals surface area contributed by atoms with E-state index in [0.29, 0.717) is 0 Å². The Balaban J connectivity index is 0.00000220. The highest BCUT2D eigenvalue weighted by Gasteiger charge is 2.25. The first kappa shape index (κ1) is 18.5. The van der Waals surface area contributed by atoms with Crippen LogP contribution in [-0.2, 0) is 0 Å². The Bertz CT molecular complexity index is 298. The van der Waals surface area contributed by atoms with Gasteiger partial charge in [-0.3, -0.25) is 4.90 Å². The molecule has 5 nitrogen and oxygen atoms in total. The summed E-state index contributed by atoms with van der Waals surface area (Å²) in [6.07, 6.45) is 2.61. The quantitative estimate of drug-likeness (QED) is 0.853. The van der Waals surface area contributed by atoms with Gasteiger partial charge in [-0.25, -0.2) is 4.79 Å². The largest absolute Gasteiger partial charge is 0.325 e. The molecule has 6 heteroatoms. The molecule has 2 heterocycles. The molecule has 2 aliphatic rings. The maximum atomic E-state index is 12.3. The molecule has 2 saturated heterocycles. The number of piperidine rings is 1. The summed E-state index contributed by atoms with van der Waals surface area (Å²) in [5.74, 6) is 0.848. The monoisotopic (exact) mass is 318 g/mol. The van der Waals surface area contributed by atoms with Crippen LogP contribution in [0, 0.1) is 5.92 Å². The molecule has 0 atom stereocenters. The second-order valence-corrected chi connectivity index (χ2v) is 5.94. The Morgan fingerprint density at radius 1 is 1.10 bits per heavy atom. The van der Waals surface area contributed by atoms with Crippen LogP contribution in [0.3, 0.4) is 0 Å². The van der Waals surface area contributed by atoms with Gasteiger partial charge in [0.05, 0.1) is 0 Å². The molecule has 2 rings (SSSR count). The van der Waals surface area contributed by atoms with Crippen molar-refractivity contribution in [2.24, 2.45) is 5.92 Å². The third-order valence-corrected chi connectivity index (χ3v) is 4.65. The summed E-state index contributed by atoms with van der Waals surface area (Å²) in [7, 11) is 0. The Kier molecular flexibility index (Phi) is 8.37. The summed E-state index contributed by atoms with van der Waals surface area (Å²) in [5.41, 5.74) is 0. The van der Waals surface area contributed by atoms with E-state index in [4.69, 9.17) is 0 Å². The van der Waals surface area contributed by atoms with Crippen LogP contribution in [0.25, 0.3) is 0 Å². The number of nitrogens with one attached hydrogen (secondary N) is 1. The fraction of sp³-hybridized carbons (Fsp3) is 0.933. The number of hydrogen-bond acceptors (Lipinski definition) is 3. The molecule has 1 N–H and O–H groups in total. The predicted molar refractivity (Wildman–Crippen MR) is 89.2 cm³/mol. The summed E-state index contributed by atoms with van der Waals surface area (Å²) in [6.45, 7) is 13.1. The van der Waals surface area contributed by atoms with Gasteiger partial charge in [-0.1, -0.05) is 0 Å². The SMILES string of the molecule is CCN(CC)C(=O)N1CCN(CC2CCNCC2)CC1.Cl. The molecule has 0 aromatic carbocycles. The molecule has 0 aliphatic carbocycles. The van der Waals surface area contributed by atoms with Gasteiger partial charge >= 0.3 is 6.03 Å². The summed E-state index contributed by atoms with van der Waals surface area (Å²) in [6, 6.07) is 0.219. The average Bonchev–Trinajstić information content (AvgIpc) is 2.50. The van der Waals surface area contributed by atoms with Gasteiger partial charge in [-0.15, -0.1) is 12.4 Å². The number of urea groups is 1. The van der Waals surface area contributed by atoms with E-state index in [1.165, 1.54) is 32.5 Å². The van der Waals surface area contributed by atoms with E-state index >= 15 is 0 Å². The van der Waals surface area contributed by atoms with Crippen molar-refractivity contribution >= 4 is 18.4 Å². The summed E-state index contributed by atoms with van der Waals surface area (Å²) in [4.78, 5) is 18.8. The van der Waals surface area contributed by atoms with Crippen LogP contribution in [-0.4, -0.2) is 79.6 Å². The molecule has 21 heavy (non-hydrogen) atoms. The Morgan fingerprint density at radius 2 is 1.67 bits per heavy atom. The minimum absolute atomic E-state index is 0. The van der Waals surface area contributed by atoms with Crippen molar-refractivity contribution in [3.63, 3.8) is 0 Å². The number of rotatable bonds is 4. The molecule has 124 valence electrons. The first-order valence-corrected chi connectivity index (χ1v) is 8.21. The topological polar surface area (TPSA) is 38.8 Å². The van der Waals surface area contributed by atoms with E-state index in [1.54, 1.807) is 0 Å². The molecule has 0 aromatic rings. The second-order valence-electron chi connectivity index (χ2n) is 5.94. The zero-order valence-electron chi connectivity index (χ0n) is 13.5. The lowest BCUT2D eigenvalue weighted by atomic mass is 9.97. The van der Waals surface area contributed by atoms with Gasteiger partial charge in [0.15, 0.2) is 0 Å². The van der Waals surface area contributed by atoms with E-state index in [9.17, 15) is 4.79 Å². The van der Waals surface area contributed by atoms with Crippen LogP contribution in [0.5, 0.6) is 0 Å². The average molecular weight is 319 g/mol. The van der Waals surface area contributed by atoms with Crippen molar-refractivity contribution in [3.05, 3.63) is 0 Å². The van der Waals surface area contributed by atoms with E-state index in [1.807, 2.05) is 9.80 Å². The first-order chi connectivity index (χ1) is 9.74. The highest BCUT2D eigenvalue weighted by Crippen LogP contribution is 2.15. The minimum atomic E-state index is 0. The van der Waals surface area contributed by atoms with Gasteiger partial charge in [0, 0.05) is 45.8 Å². The van der Waals surface area contributed by atoms with Crippen LogP contribution >= 0.6 is 12.4 Å². The molecular formula is C15H31ClN4O. The van der Waals surface area contributed by atoms with Gasteiger partial charge in [-0.05, 0) is 45.7 Å². The van der Waals surface area contributed by atoms with Crippen LogP contribution in [0.1, 0.15) is 26.7 Å². The predicted octanol–water partition coefficient (Wildman–Crippen LogP) is 1.49. The second kappa shape index (κ2) is 9.49. The summed E-state index contributed by atoms with van der Waals surface area (Å²) in [5, 5.41) is 3.42. The lowest BCUT2D eigenvalue weighted by Gasteiger charge is -2.39. The Labute approximate surface area is 135 Å². The molecular weight excluding hydrogens is 288 g/mol. The molecule has 2 fully saturated rings. The molecule has 0 bridgehead atoms. The number of hydrogen-bond donors (Lipinski definition) is 1. The molecule has 0 aromatic heterocycles. The Morgan fingerprint density at radius 3 is 2.19 bits per heavy atom. The normalized spacial score (nSPS) is 21.0. The maximum Gasteiger partial charge on any atom is 0.320 e. The fourth-order valence-electron chi connectivity index (χ4n) is 3.25. The number of carbonyl (C=O) groups is 1. The third-order valence-electron chi connectivity index (χ3n) is 4.65. The van der Waals surface area contributed by atoms with Crippen LogP contribution < -0.4 is 5.32 Å². The van der Waals surface area contributed by atoms with Crippen molar-refractivity contribution in [2.45, 2.75) is 26.7 Å². The van der Waals surface area contributed by atoms with Crippen molar-refractivity contribution in [1.82, 2.24) is 20.0 Å². The van der Waals surface area contributed by atoms with Gasteiger partial charge in [0.1, 0.15) is 0 Å². The minimum Gasteiger partial charge on any atom is -0.325 e. The summed E-state index contributed by atoms with van der Waals surface area (Å²) >= 11 is 0. The van der Waals surface area contributed by atoms with Crippen LogP contribution in [0.4, 0.5) is 4.79 Å². The molecule has 0 spiro atoms. The molecule has 0 unspecified atom stereocenters. The van der Waals surface area contributed by atoms with Crippen molar-refractivity contribution in [1.29, 1.82) is 0 Å². The number of carbonyl (C=O) groups excluding carboxylic acids is 1. The van der Waals surface area contributed by atoms with Crippen molar-refractivity contribution in [2.75, 3.05) is 58.9 Å². The standard InChI is InChI=1S/C15H30N4O.ClH/c1-3-18(4-2)15(20)19-11-9-17(10-12-19)13-14-5-7-16-8-6-14;/h14,16H,3-13H2,1-2H3;1H. The van der Waals surface area contributed by atoms with Gasteiger partial charge < -0.3 is 15.1 Å². The van der Waals surface area contributed by atoms with E-state index in [-0.39, 0.29) is 18.4 Å². The van der Waals surface area contributed by atoms with E-state index < -0.39 is 0 Å². The molecule has 2 amide bonds. The maximum absolute atomic E-state index is 12.3. The molecule has 2 aliphatic heterocycles. The number of amides is 2. The van der Waals surface area contributed by atoms with Crippen LogP contribution in [0.2, 0.25) is 0 Å². The Hall–Kier alpha value is -0.520. The van der Waals surface area contributed by atoms with Gasteiger partial charge in [0.25, 0.3) is 0 Å². The number of piperazine rings is 1. The van der Waals surface area contributed by atoms with E-state index in [0.717, 1.165) is 45.2 Å². The van der Waals surface area contributed by atoms with Crippen molar-refractivity contribution in [3.8, 4) is 0 Å². The van der Waals surface area contributed by atoms with Crippen LogP contribution in [0.15, 0.2) is 0 Å². The fourth-order valence-corrected chi connectivity index (χ4v) is 3.25. The highest BCUT2D eigenvalue weighted by molar-refractivity contribution is 5.85. The lowest BCUT2D eigenvalue weighted by molar-refractivity contribution is 0.103. The number of nitrogens with zero attached hydrogens (tertiary/aromatic N) is 3. The summed E-state index contributed by atoms with van der Waals surface area (Å²) < 4.78 is 0. The zero-order valence-corrected chi connectivity index (χ0v) is 14.3.